The molecule has 1 saturated carbocycles. The van der Waals surface area contributed by atoms with Crippen molar-refractivity contribution in [2.24, 2.45) is 0 Å². The van der Waals surface area contributed by atoms with Crippen molar-refractivity contribution in [2.75, 3.05) is 0 Å². The van der Waals surface area contributed by atoms with E-state index in [1.807, 2.05) is 0 Å². The summed E-state index contributed by atoms with van der Waals surface area (Å²) in [7, 11) is 0. The molecule has 1 fully saturated rings. The summed E-state index contributed by atoms with van der Waals surface area (Å²) in [5.41, 5.74) is 0.401. The van der Waals surface area contributed by atoms with Gasteiger partial charge in [0.1, 0.15) is 0 Å². The Kier molecular flexibility index (Phi) is 4.21. The fourth-order valence-corrected chi connectivity index (χ4v) is 2.92. The maximum absolute atomic E-state index is 12.5. The summed E-state index contributed by atoms with van der Waals surface area (Å²) in [6, 6.07) is 5.54. The molecule has 0 spiro atoms. The summed E-state index contributed by atoms with van der Waals surface area (Å²) in [5, 5.41) is 0.153. The number of hydrogen-bond donors (Lipinski definition) is 0. The zero-order valence-electron chi connectivity index (χ0n) is 10.0. The smallest absolute Gasteiger partial charge is 0.166 e. The van der Waals surface area contributed by atoms with Crippen LogP contribution in [0.2, 0.25) is 0 Å². The summed E-state index contributed by atoms with van der Waals surface area (Å²) in [6.07, 6.45) is 0.872. The van der Waals surface area contributed by atoms with Crippen molar-refractivity contribution in [3.05, 3.63) is 35.4 Å². The van der Waals surface area contributed by atoms with E-state index in [-0.39, 0.29) is 5.38 Å². The molecule has 0 nitrogen and oxygen atoms in total. The van der Waals surface area contributed by atoms with Crippen LogP contribution in [0.25, 0.3) is 0 Å². The lowest BCUT2D eigenvalue weighted by Crippen LogP contribution is -2.07. The Balaban J connectivity index is 2.13. The van der Waals surface area contributed by atoms with Crippen LogP contribution in [0.15, 0.2) is 24.3 Å². The van der Waals surface area contributed by atoms with Crippen LogP contribution < -0.4 is 0 Å². The molecule has 4 heteroatoms. The van der Waals surface area contributed by atoms with E-state index in [1.165, 1.54) is 12.1 Å². The summed E-state index contributed by atoms with van der Waals surface area (Å²) >= 11 is 6.19. The number of benzene rings is 1. The first-order chi connectivity index (χ1) is 8.47. The molecule has 2 unspecified atom stereocenters. The SMILES string of the molecule is FC(F)(F)c1ccc(C2CCCCC(Cl)C2)cc1. The molecule has 0 aliphatic heterocycles. The minimum absolute atomic E-state index is 0.153. The van der Waals surface area contributed by atoms with Gasteiger partial charge in [0.05, 0.1) is 5.56 Å². The van der Waals surface area contributed by atoms with Crippen LogP contribution in [0.5, 0.6) is 0 Å². The lowest BCUT2D eigenvalue weighted by atomic mass is 9.91. The molecule has 2 rings (SSSR count). The predicted molar refractivity (Wildman–Crippen MR) is 66.9 cm³/mol. The first-order valence-electron chi connectivity index (χ1n) is 6.28. The van der Waals surface area contributed by atoms with Crippen molar-refractivity contribution in [2.45, 2.75) is 49.6 Å². The Labute approximate surface area is 110 Å². The van der Waals surface area contributed by atoms with E-state index in [0.717, 1.165) is 37.7 Å². The molecule has 0 bridgehead atoms. The lowest BCUT2D eigenvalue weighted by molar-refractivity contribution is -0.137. The van der Waals surface area contributed by atoms with Gasteiger partial charge in [-0.3, -0.25) is 0 Å². The molecule has 1 aliphatic rings. The summed E-state index contributed by atoms with van der Waals surface area (Å²) in [5.74, 6) is 0.303. The first kappa shape index (κ1) is 13.7. The van der Waals surface area contributed by atoms with Crippen LogP contribution in [0.1, 0.15) is 49.1 Å². The molecule has 100 valence electrons. The average molecular weight is 277 g/mol. The van der Waals surface area contributed by atoms with Gasteiger partial charge in [0.25, 0.3) is 0 Å². The topological polar surface area (TPSA) is 0 Å². The molecule has 18 heavy (non-hydrogen) atoms. The van der Waals surface area contributed by atoms with E-state index in [0.29, 0.717) is 5.92 Å². The molecule has 0 aromatic heterocycles. The Hall–Kier alpha value is -0.700. The third-order valence-corrected chi connectivity index (χ3v) is 3.97. The van der Waals surface area contributed by atoms with Gasteiger partial charge in [0.2, 0.25) is 0 Å². The van der Waals surface area contributed by atoms with E-state index in [4.69, 9.17) is 11.6 Å². The van der Waals surface area contributed by atoms with Gasteiger partial charge in [-0.25, -0.2) is 0 Å². The highest BCUT2D eigenvalue weighted by Crippen LogP contribution is 2.35. The lowest BCUT2D eigenvalue weighted by Gasteiger charge is -2.17. The van der Waals surface area contributed by atoms with E-state index in [2.05, 4.69) is 0 Å². The third-order valence-electron chi connectivity index (χ3n) is 3.57. The molecule has 0 heterocycles. The van der Waals surface area contributed by atoms with Gasteiger partial charge in [-0.1, -0.05) is 25.0 Å². The molecular formula is C14H16ClF3. The molecule has 1 aromatic carbocycles. The normalized spacial score (nSPS) is 25.8. The fraction of sp³-hybridized carbons (Fsp3) is 0.571. The Bertz CT molecular complexity index is 383. The molecular weight excluding hydrogens is 261 g/mol. The zero-order chi connectivity index (χ0) is 13.2. The molecule has 2 atom stereocenters. The molecule has 0 amide bonds. The highest BCUT2D eigenvalue weighted by molar-refractivity contribution is 6.20. The molecule has 1 aliphatic carbocycles. The van der Waals surface area contributed by atoms with Crippen LogP contribution >= 0.6 is 11.6 Å². The van der Waals surface area contributed by atoms with Crippen molar-refractivity contribution in [3.8, 4) is 0 Å². The number of halogens is 4. The zero-order valence-corrected chi connectivity index (χ0v) is 10.8. The number of hydrogen-bond acceptors (Lipinski definition) is 0. The largest absolute Gasteiger partial charge is 0.416 e. The second kappa shape index (κ2) is 5.52. The average Bonchev–Trinajstić information content (AvgIpc) is 2.53. The van der Waals surface area contributed by atoms with E-state index in [9.17, 15) is 13.2 Å². The second-order valence-electron chi connectivity index (χ2n) is 4.93. The van der Waals surface area contributed by atoms with E-state index in [1.54, 1.807) is 12.1 Å². The molecule has 1 aromatic rings. The van der Waals surface area contributed by atoms with E-state index >= 15 is 0 Å². The van der Waals surface area contributed by atoms with Crippen molar-refractivity contribution < 1.29 is 13.2 Å². The molecule has 0 N–H and O–H groups in total. The van der Waals surface area contributed by atoms with Crippen LogP contribution in [-0.4, -0.2) is 5.38 Å². The van der Waals surface area contributed by atoms with Gasteiger partial charge in [0, 0.05) is 5.38 Å². The van der Waals surface area contributed by atoms with Gasteiger partial charge < -0.3 is 0 Å². The van der Waals surface area contributed by atoms with Gasteiger partial charge >= 0.3 is 6.18 Å². The monoisotopic (exact) mass is 276 g/mol. The Morgan fingerprint density at radius 2 is 1.61 bits per heavy atom. The Morgan fingerprint density at radius 3 is 2.22 bits per heavy atom. The van der Waals surface area contributed by atoms with Crippen LogP contribution in [-0.2, 0) is 6.18 Å². The number of rotatable bonds is 1. The highest BCUT2D eigenvalue weighted by atomic mass is 35.5. The fourth-order valence-electron chi connectivity index (χ4n) is 2.55. The Morgan fingerprint density at radius 1 is 1.00 bits per heavy atom. The van der Waals surface area contributed by atoms with Gasteiger partial charge in [0.15, 0.2) is 0 Å². The van der Waals surface area contributed by atoms with Crippen molar-refractivity contribution in [1.82, 2.24) is 0 Å². The quantitative estimate of drug-likeness (QED) is 0.478. The predicted octanol–water partition coefficient (Wildman–Crippen LogP) is 5.36. The highest BCUT2D eigenvalue weighted by Gasteiger charge is 2.30. The molecule has 0 saturated heterocycles. The maximum atomic E-state index is 12.5. The van der Waals surface area contributed by atoms with Crippen molar-refractivity contribution in [1.29, 1.82) is 0 Å². The standard InChI is InChI=1S/C14H16ClF3/c15-13-4-2-1-3-11(9-13)10-5-7-12(8-6-10)14(16,17)18/h5-8,11,13H,1-4,9H2. The van der Waals surface area contributed by atoms with Crippen LogP contribution in [0.4, 0.5) is 13.2 Å². The van der Waals surface area contributed by atoms with Crippen molar-refractivity contribution in [3.63, 3.8) is 0 Å². The molecule has 0 radical (unpaired) electrons. The van der Waals surface area contributed by atoms with Gasteiger partial charge in [-0.2, -0.15) is 13.2 Å². The minimum atomic E-state index is -4.25. The summed E-state index contributed by atoms with van der Waals surface area (Å²) < 4.78 is 37.4. The third kappa shape index (κ3) is 3.41. The minimum Gasteiger partial charge on any atom is -0.166 e. The summed E-state index contributed by atoms with van der Waals surface area (Å²) in [4.78, 5) is 0. The maximum Gasteiger partial charge on any atom is 0.416 e. The first-order valence-corrected chi connectivity index (χ1v) is 6.71. The van der Waals surface area contributed by atoms with Crippen molar-refractivity contribution >= 4 is 11.6 Å². The van der Waals surface area contributed by atoms with Crippen LogP contribution in [0.3, 0.4) is 0 Å². The van der Waals surface area contributed by atoms with Gasteiger partial charge in [-0.15, -0.1) is 11.6 Å². The number of alkyl halides is 4. The summed E-state index contributed by atoms with van der Waals surface area (Å²) in [6.45, 7) is 0. The van der Waals surface area contributed by atoms with E-state index < -0.39 is 11.7 Å². The van der Waals surface area contributed by atoms with Crippen LogP contribution in [0, 0.1) is 0 Å². The second-order valence-corrected chi connectivity index (χ2v) is 5.55. The van der Waals surface area contributed by atoms with Gasteiger partial charge in [-0.05, 0) is 42.9 Å².